The zero-order valence-electron chi connectivity index (χ0n) is 10.6. The van der Waals surface area contributed by atoms with E-state index in [2.05, 4.69) is 10.5 Å². The zero-order valence-corrected chi connectivity index (χ0v) is 10.6. The third-order valence-corrected chi connectivity index (χ3v) is 2.85. The molecule has 20 heavy (non-hydrogen) atoms. The van der Waals surface area contributed by atoms with Crippen molar-refractivity contribution >= 4 is 22.9 Å². The summed E-state index contributed by atoms with van der Waals surface area (Å²) in [6.45, 7) is 0. The van der Waals surface area contributed by atoms with Gasteiger partial charge < -0.3 is 4.42 Å². The summed E-state index contributed by atoms with van der Waals surface area (Å²) in [7, 11) is 0. The Hall–Kier alpha value is -2.88. The van der Waals surface area contributed by atoms with Crippen LogP contribution in [0.2, 0.25) is 0 Å². The van der Waals surface area contributed by atoms with Gasteiger partial charge in [0, 0.05) is 17.0 Å². The van der Waals surface area contributed by atoms with E-state index >= 15 is 0 Å². The molecule has 1 aromatic heterocycles. The number of benzene rings is 2. The Bertz CT molecular complexity index is 807. The van der Waals surface area contributed by atoms with Crippen LogP contribution in [0.1, 0.15) is 5.56 Å². The van der Waals surface area contributed by atoms with Gasteiger partial charge in [-0.3, -0.25) is 5.43 Å². The molecule has 1 N–H and O–H groups in total. The lowest BCUT2D eigenvalue weighted by Crippen LogP contribution is -2.00. The Kier molecular flexibility index (Phi) is 3.29. The number of anilines is 1. The minimum atomic E-state index is -0.384. The summed E-state index contributed by atoms with van der Waals surface area (Å²) in [5, 5.41) is 5.00. The van der Waals surface area contributed by atoms with Crippen LogP contribution < -0.4 is 11.1 Å². The standard InChI is InChI=1S/C16H12N2O2/c19-16-10-12(14-8-4-5-9-15(14)20-16)11-17-18-13-6-2-1-3-7-13/h1-11,18H/b17-11+. The van der Waals surface area contributed by atoms with Crippen molar-refractivity contribution in [3.8, 4) is 0 Å². The number of para-hydroxylation sites is 2. The van der Waals surface area contributed by atoms with Crippen LogP contribution in [0.4, 0.5) is 5.69 Å². The Labute approximate surface area is 115 Å². The first-order valence-corrected chi connectivity index (χ1v) is 6.20. The van der Waals surface area contributed by atoms with E-state index in [0.29, 0.717) is 5.58 Å². The molecule has 2 aromatic carbocycles. The molecule has 0 unspecified atom stereocenters. The SMILES string of the molecule is O=c1cc(/C=N/Nc2ccccc2)c2ccccc2o1. The third kappa shape index (κ3) is 2.59. The fourth-order valence-electron chi connectivity index (χ4n) is 1.93. The van der Waals surface area contributed by atoms with Gasteiger partial charge in [-0.05, 0) is 18.2 Å². The number of hydrogen-bond donors (Lipinski definition) is 1. The number of hydrazone groups is 1. The Morgan fingerprint density at radius 2 is 1.75 bits per heavy atom. The van der Waals surface area contributed by atoms with Crippen molar-refractivity contribution in [2.24, 2.45) is 5.10 Å². The fourth-order valence-corrected chi connectivity index (χ4v) is 1.93. The largest absolute Gasteiger partial charge is 0.423 e. The van der Waals surface area contributed by atoms with E-state index in [1.807, 2.05) is 48.5 Å². The van der Waals surface area contributed by atoms with Crippen LogP contribution in [0, 0.1) is 0 Å². The highest BCUT2D eigenvalue weighted by Crippen LogP contribution is 2.14. The van der Waals surface area contributed by atoms with Crippen LogP contribution >= 0.6 is 0 Å². The summed E-state index contributed by atoms with van der Waals surface area (Å²) >= 11 is 0. The maximum absolute atomic E-state index is 11.5. The van der Waals surface area contributed by atoms with Crippen molar-refractivity contribution in [1.29, 1.82) is 0 Å². The lowest BCUT2D eigenvalue weighted by molar-refractivity contribution is 0.561. The maximum Gasteiger partial charge on any atom is 0.336 e. The van der Waals surface area contributed by atoms with Gasteiger partial charge in [0.15, 0.2) is 0 Å². The summed E-state index contributed by atoms with van der Waals surface area (Å²) in [5.41, 5.74) is 4.69. The summed E-state index contributed by atoms with van der Waals surface area (Å²) in [4.78, 5) is 11.5. The number of hydrogen-bond acceptors (Lipinski definition) is 4. The van der Waals surface area contributed by atoms with Gasteiger partial charge in [0.1, 0.15) is 5.58 Å². The monoisotopic (exact) mass is 264 g/mol. The smallest absolute Gasteiger partial charge is 0.336 e. The molecule has 4 nitrogen and oxygen atoms in total. The number of nitrogens with zero attached hydrogens (tertiary/aromatic N) is 1. The molecule has 0 bridgehead atoms. The summed E-state index contributed by atoms with van der Waals surface area (Å²) in [6, 6.07) is 18.4. The second kappa shape index (κ2) is 5.40. The van der Waals surface area contributed by atoms with Crippen molar-refractivity contribution < 1.29 is 4.42 Å². The summed E-state index contributed by atoms with van der Waals surface area (Å²) in [6.07, 6.45) is 1.62. The Balaban J connectivity index is 1.92. The predicted molar refractivity (Wildman–Crippen MR) is 80.1 cm³/mol. The summed E-state index contributed by atoms with van der Waals surface area (Å²) < 4.78 is 5.13. The van der Waals surface area contributed by atoms with Gasteiger partial charge in [-0.15, -0.1) is 0 Å². The molecular formula is C16H12N2O2. The molecule has 0 atom stereocenters. The van der Waals surface area contributed by atoms with Crippen molar-refractivity contribution in [3.63, 3.8) is 0 Å². The van der Waals surface area contributed by atoms with Crippen LogP contribution in [0.5, 0.6) is 0 Å². The molecule has 1 heterocycles. The van der Waals surface area contributed by atoms with Gasteiger partial charge in [-0.25, -0.2) is 4.79 Å². The van der Waals surface area contributed by atoms with E-state index in [1.165, 1.54) is 6.07 Å². The fraction of sp³-hybridized carbons (Fsp3) is 0. The van der Waals surface area contributed by atoms with Gasteiger partial charge in [0.05, 0.1) is 11.9 Å². The van der Waals surface area contributed by atoms with E-state index in [0.717, 1.165) is 16.6 Å². The highest BCUT2D eigenvalue weighted by atomic mass is 16.4. The predicted octanol–water partition coefficient (Wildman–Crippen LogP) is 3.24. The van der Waals surface area contributed by atoms with Crippen LogP contribution in [0.25, 0.3) is 11.0 Å². The first-order valence-electron chi connectivity index (χ1n) is 6.20. The molecule has 3 rings (SSSR count). The first-order chi connectivity index (χ1) is 9.83. The van der Waals surface area contributed by atoms with Crippen molar-refractivity contribution in [3.05, 3.63) is 76.6 Å². The molecule has 0 saturated carbocycles. The first kappa shape index (κ1) is 12.2. The van der Waals surface area contributed by atoms with E-state index < -0.39 is 0 Å². The average molecular weight is 264 g/mol. The van der Waals surface area contributed by atoms with Crippen molar-refractivity contribution in [2.45, 2.75) is 0 Å². The molecule has 98 valence electrons. The molecule has 0 fully saturated rings. The van der Waals surface area contributed by atoms with Crippen molar-refractivity contribution in [1.82, 2.24) is 0 Å². The second-order valence-electron chi connectivity index (χ2n) is 4.25. The van der Waals surface area contributed by atoms with E-state index in [-0.39, 0.29) is 5.63 Å². The molecule has 0 radical (unpaired) electrons. The van der Waals surface area contributed by atoms with Crippen LogP contribution in [0.15, 0.2) is 75.0 Å². The lowest BCUT2D eigenvalue weighted by Gasteiger charge is -2.01. The number of rotatable bonds is 3. The van der Waals surface area contributed by atoms with Gasteiger partial charge >= 0.3 is 5.63 Å². The topological polar surface area (TPSA) is 54.6 Å². The molecule has 4 heteroatoms. The summed E-state index contributed by atoms with van der Waals surface area (Å²) in [5.74, 6) is 0. The van der Waals surface area contributed by atoms with E-state index in [1.54, 1.807) is 12.3 Å². The van der Waals surface area contributed by atoms with Crippen molar-refractivity contribution in [2.75, 3.05) is 5.43 Å². The Morgan fingerprint density at radius 1 is 1.00 bits per heavy atom. The normalized spacial score (nSPS) is 11.0. The van der Waals surface area contributed by atoms with Gasteiger partial charge in [0.2, 0.25) is 0 Å². The lowest BCUT2D eigenvalue weighted by atomic mass is 10.1. The second-order valence-corrected chi connectivity index (χ2v) is 4.25. The highest BCUT2D eigenvalue weighted by Gasteiger charge is 2.02. The average Bonchev–Trinajstić information content (AvgIpc) is 2.48. The molecule has 0 saturated heterocycles. The highest BCUT2D eigenvalue weighted by molar-refractivity contribution is 5.97. The van der Waals surface area contributed by atoms with Gasteiger partial charge in [-0.1, -0.05) is 36.4 Å². The van der Waals surface area contributed by atoms with Gasteiger partial charge in [0.25, 0.3) is 0 Å². The third-order valence-electron chi connectivity index (χ3n) is 2.85. The number of nitrogens with one attached hydrogen (secondary N) is 1. The van der Waals surface area contributed by atoms with Gasteiger partial charge in [-0.2, -0.15) is 5.10 Å². The minimum Gasteiger partial charge on any atom is -0.423 e. The molecule has 0 aliphatic rings. The molecule has 0 amide bonds. The molecular weight excluding hydrogens is 252 g/mol. The molecule has 0 spiro atoms. The molecule has 3 aromatic rings. The van der Waals surface area contributed by atoms with Crippen LogP contribution in [-0.2, 0) is 0 Å². The minimum absolute atomic E-state index is 0.384. The van der Waals surface area contributed by atoms with Crippen LogP contribution in [-0.4, -0.2) is 6.21 Å². The molecule has 0 aliphatic carbocycles. The maximum atomic E-state index is 11.5. The Morgan fingerprint density at radius 3 is 2.60 bits per heavy atom. The number of fused-ring (bicyclic) bond motifs is 1. The quantitative estimate of drug-likeness (QED) is 0.449. The molecule has 0 aliphatic heterocycles. The zero-order chi connectivity index (χ0) is 13.8. The van der Waals surface area contributed by atoms with Crippen LogP contribution in [0.3, 0.4) is 0 Å². The van der Waals surface area contributed by atoms with E-state index in [9.17, 15) is 4.79 Å². The van der Waals surface area contributed by atoms with E-state index in [4.69, 9.17) is 4.42 Å².